The summed E-state index contributed by atoms with van der Waals surface area (Å²) in [6.07, 6.45) is 0. The molecule has 1 aliphatic heterocycles. The number of benzene rings is 3. The first-order valence-electron chi connectivity index (χ1n) is 10.4. The third-order valence-electron chi connectivity index (χ3n) is 5.66. The van der Waals surface area contributed by atoms with E-state index in [1.165, 1.54) is 24.3 Å². The minimum Gasteiger partial charge on any atom is -0.336 e. The lowest BCUT2D eigenvalue weighted by Crippen LogP contribution is -2.48. The van der Waals surface area contributed by atoms with Crippen molar-refractivity contribution in [2.75, 3.05) is 26.2 Å². The summed E-state index contributed by atoms with van der Waals surface area (Å²) in [7, 11) is 0. The summed E-state index contributed by atoms with van der Waals surface area (Å²) in [6, 6.07) is 21.8. The van der Waals surface area contributed by atoms with Crippen molar-refractivity contribution in [3.8, 4) is 6.07 Å². The normalized spacial score (nSPS) is 14.1. The predicted octanol–water partition coefficient (Wildman–Crippen LogP) is 3.89. The molecule has 1 heterocycles. The van der Waals surface area contributed by atoms with Crippen LogP contribution in [0.25, 0.3) is 0 Å². The number of hydrogen-bond acceptors (Lipinski definition) is 4. The maximum atomic E-state index is 13.2. The fraction of sp³-hybridized carbons (Fsp3) is 0.192. The van der Waals surface area contributed by atoms with Crippen LogP contribution in [0.15, 0.2) is 72.8 Å². The van der Waals surface area contributed by atoms with Crippen LogP contribution < -0.4 is 0 Å². The summed E-state index contributed by atoms with van der Waals surface area (Å²) in [5, 5.41) is 8.92. The van der Waals surface area contributed by atoms with Gasteiger partial charge in [0.1, 0.15) is 5.82 Å². The Morgan fingerprint density at radius 1 is 0.844 bits per heavy atom. The molecule has 0 radical (unpaired) electrons. The predicted molar refractivity (Wildman–Crippen MR) is 119 cm³/mol. The molecule has 1 amide bonds. The van der Waals surface area contributed by atoms with Crippen molar-refractivity contribution in [3.05, 3.63) is 106 Å². The van der Waals surface area contributed by atoms with Crippen molar-refractivity contribution in [1.82, 2.24) is 9.80 Å². The second-order valence-corrected chi connectivity index (χ2v) is 7.76. The molecular weight excluding hydrogens is 405 g/mol. The highest BCUT2D eigenvalue weighted by molar-refractivity contribution is 6.15. The SMILES string of the molecule is N#Cc1ccc(CN2CCN(C(=O)c3ccccc3C(=O)c3ccc(F)cc3)CC2)cc1. The Morgan fingerprint density at radius 2 is 1.47 bits per heavy atom. The van der Waals surface area contributed by atoms with Crippen LogP contribution in [0, 0.1) is 17.1 Å². The van der Waals surface area contributed by atoms with Gasteiger partial charge in [-0.2, -0.15) is 5.26 Å². The van der Waals surface area contributed by atoms with Crippen LogP contribution in [0.3, 0.4) is 0 Å². The fourth-order valence-electron chi connectivity index (χ4n) is 3.85. The van der Waals surface area contributed by atoms with E-state index in [4.69, 9.17) is 5.26 Å². The van der Waals surface area contributed by atoms with Crippen molar-refractivity contribution in [2.45, 2.75) is 6.54 Å². The molecule has 1 aliphatic rings. The summed E-state index contributed by atoms with van der Waals surface area (Å²) in [5.41, 5.74) is 2.79. The Bertz CT molecular complexity index is 1160. The third-order valence-corrected chi connectivity index (χ3v) is 5.66. The van der Waals surface area contributed by atoms with E-state index in [2.05, 4.69) is 11.0 Å². The summed E-state index contributed by atoms with van der Waals surface area (Å²) in [5.74, 6) is -0.882. The lowest BCUT2D eigenvalue weighted by atomic mass is 9.97. The highest BCUT2D eigenvalue weighted by Gasteiger charge is 2.25. The van der Waals surface area contributed by atoms with Crippen molar-refractivity contribution in [2.24, 2.45) is 0 Å². The summed E-state index contributed by atoms with van der Waals surface area (Å²) < 4.78 is 13.2. The third kappa shape index (κ3) is 4.74. The molecule has 0 aliphatic carbocycles. The molecule has 0 N–H and O–H groups in total. The van der Waals surface area contributed by atoms with E-state index in [0.29, 0.717) is 35.3 Å². The summed E-state index contributed by atoms with van der Waals surface area (Å²) >= 11 is 0. The number of rotatable bonds is 5. The number of ketones is 1. The topological polar surface area (TPSA) is 64.4 Å². The van der Waals surface area contributed by atoms with E-state index in [1.807, 2.05) is 24.3 Å². The number of carbonyl (C=O) groups excluding carboxylic acids is 2. The standard InChI is InChI=1S/C26H22FN3O2/c27-22-11-9-21(10-12-22)25(31)23-3-1-2-4-24(23)26(32)30-15-13-29(14-16-30)18-20-7-5-19(17-28)6-8-20/h1-12H,13-16,18H2. The van der Waals surface area contributed by atoms with E-state index in [-0.39, 0.29) is 11.7 Å². The smallest absolute Gasteiger partial charge is 0.254 e. The minimum absolute atomic E-state index is 0.172. The molecule has 0 bridgehead atoms. The molecular formula is C26H22FN3O2. The summed E-state index contributed by atoms with van der Waals surface area (Å²) in [6.45, 7) is 3.33. The van der Waals surface area contributed by atoms with Gasteiger partial charge in [-0.15, -0.1) is 0 Å². The molecule has 0 unspecified atom stereocenters. The van der Waals surface area contributed by atoms with E-state index in [1.54, 1.807) is 29.2 Å². The Kier molecular flexibility index (Phi) is 6.39. The monoisotopic (exact) mass is 427 g/mol. The molecule has 5 nitrogen and oxygen atoms in total. The van der Waals surface area contributed by atoms with Gasteiger partial charge in [0.2, 0.25) is 0 Å². The van der Waals surface area contributed by atoms with Crippen molar-refractivity contribution >= 4 is 11.7 Å². The Labute approximate surface area is 186 Å². The van der Waals surface area contributed by atoms with Gasteiger partial charge in [-0.25, -0.2) is 4.39 Å². The molecule has 6 heteroatoms. The van der Waals surface area contributed by atoms with Gasteiger partial charge in [0, 0.05) is 43.9 Å². The molecule has 1 fully saturated rings. The van der Waals surface area contributed by atoms with Crippen LogP contribution in [0.2, 0.25) is 0 Å². The number of piperazine rings is 1. The fourth-order valence-corrected chi connectivity index (χ4v) is 3.85. The molecule has 3 aromatic carbocycles. The average Bonchev–Trinajstić information content (AvgIpc) is 2.84. The zero-order valence-electron chi connectivity index (χ0n) is 17.5. The van der Waals surface area contributed by atoms with Crippen LogP contribution in [-0.2, 0) is 6.54 Å². The number of nitrogens with zero attached hydrogens (tertiary/aromatic N) is 3. The molecule has 0 atom stereocenters. The molecule has 1 saturated heterocycles. The zero-order chi connectivity index (χ0) is 22.5. The molecule has 32 heavy (non-hydrogen) atoms. The second kappa shape index (κ2) is 9.54. The summed E-state index contributed by atoms with van der Waals surface area (Å²) in [4.78, 5) is 30.2. The van der Waals surface area contributed by atoms with E-state index < -0.39 is 5.82 Å². The largest absolute Gasteiger partial charge is 0.336 e. The van der Waals surface area contributed by atoms with Gasteiger partial charge in [-0.05, 0) is 48.0 Å². The van der Waals surface area contributed by atoms with Crippen LogP contribution in [-0.4, -0.2) is 47.7 Å². The number of carbonyl (C=O) groups is 2. The van der Waals surface area contributed by atoms with Crippen molar-refractivity contribution in [1.29, 1.82) is 5.26 Å². The van der Waals surface area contributed by atoms with Crippen LogP contribution in [0.5, 0.6) is 0 Å². The van der Waals surface area contributed by atoms with E-state index >= 15 is 0 Å². The second-order valence-electron chi connectivity index (χ2n) is 7.76. The Morgan fingerprint density at radius 3 is 2.09 bits per heavy atom. The molecule has 3 aromatic rings. The maximum Gasteiger partial charge on any atom is 0.254 e. The molecule has 160 valence electrons. The lowest BCUT2D eigenvalue weighted by Gasteiger charge is -2.35. The van der Waals surface area contributed by atoms with Crippen LogP contribution in [0.1, 0.15) is 37.4 Å². The Balaban J connectivity index is 1.43. The van der Waals surface area contributed by atoms with Crippen molar-refractivity contribution in [3.63, 3.8) is 0 Å². The van der Waals surface area contributed by atoms with Gasteiger partial charge in [0.05, 0.1) is 17.2 Å². The quantitative estimate of drug-likeness (QED) is 0.580. The molecule has 4 rings (SSSR count). The van der Waals surface area contributed by atoms with Gasteiger partial charge in [-0.1, -0.05) is 30.3 Å². The first-order valence-corrected chi connectivity index (χ1v) is 10.4. The van der Waals surface area contributed by atoms with Gasteiger partial charge in [0.25, 0.3) is 5.91 Å². The first kappa shape index (κ1) is 21.4. The zero-order valence-corrected chi connectivity index (χ0v) is 17.5. The maximum absolute atomic E-state index is 13.2. The van der Waals surface area contributed by atoms with E-state index in [0.717, 1.165) is 25.2 Å². The first-order chi connectivity index (χ1) is 15.5. The highest BCUT2D eigenvalue weighted by atomic mass is 19.1. The molecule has 0 aromatic heterocycles. The number of halogens is 1. The molecule has 0 saturated carbocycles. The van der Waals surface area contributed by atoms with E-state index in [9.17, 15) is 14.0 Å². The number of hydrogen-bond donors (Lipinski definition) is 0. The minimum atomic E-state index is -0.412. The highest BCUT2D eigenvalue weighted by Crippen LogP contribution is 2.19. The van der Waals surface area contributed by atoms with Gasteiger partial charge < -0.3 is 4.90 Å². The van der Waals surface area contributed by atoms with Crippen LogP contribution >= 0.6 is 0 Å². The van der Waals surface area contributed by atoms with Crippen LogP contribution in [0.4, 0.5) is 4.39 Å². The average molecular weight is 427 g/mol. The molecule has 0 spiro atoms. The number of nitriles is 1. The van der Waals surface area contributed by atoms with Gasteiger partial charge in [-0.3, -0.25) is 14.5 Å². The Hall–Kier alpha value is -3.82. The number of amides is 1. The van der Waals surface area contributed by atoms with Gasteiger partial charge in [0.15, 0.2) is 5.78 Å². The van der Waals surface area contributed by atoms with Gasteiger partial charge >= 0.3 is 0 Å². The lowest BCUT2D eigenvalue weighted by molar-refractivity contribution is 0.0625. The van der Waals surface area contributed by atoms with Crippen molar-refractivity contribution < 1.29 is 14.0 Å².